The van der Waals surface area contributed by atoms with Gasteiger partial charge in [0.2, 0.25) is 0 Å². The fourth-order valence-electron chi connectivity index (χ4n) is 3.76. The molecule has 1 saturated heterocycles. The van der Waals surface area contributed by atoms with Crippen LogP contribution < -0.4 is 5.69 Å². The molecule has 0 unspecified atom stereocenters. The van der Waals surface area contributed by atoms with Crippen LogP contribution >= 0.6 is 0 Å². The van der Waals surface area contributed by atoms with Gasteiger partial charge in [0.15, 0.2) is 0 Å². The van der Waals surface area contributed by atoms with E-state index < -0.39 is 11.7 Å². The lowest BCUT2D eigenvalue weighted by Gasteiger charge is -2.31. The number of nitrogens with zero attached hydrogens (tertiary/aromatic N) is 3. The SMILES string of the molecule is O=C(c1ccc(C(F)(F)F)cc1)N1CCC(c2nn(Cc3ccccc3)c(=O)[nH]2)CC1. The number of alkyl halides is 3. The average molecular weight is 430 g/mol. The number of likely N-dealkylation sites (tertiary alicyclic amines) is 1. The van der Waals surface area contributed by atoms with Crippen molar-refractivity contribution in [3.63, 3.8) is 0 Å². The Bertz CT molecular complexity index is 1100. The number of hydrogen-bond acceptors (Lipinski definition) is 3. The van der Waals surface area contributed by atoms with Gasteiger partial charge in [-0.2, -0.15) is 18.3 Å². The molecule has 1 amide bonds. The van der Waals surface area contributed by atoms with E-state index in [2.05, 4.69) is 10.1 Å². The first-order valence-electron chi connectivity index (χ1n) is 9.99. The summed E-state index contributed by atoms with van der Waals surface area (Å²) in [6, 6.07) is 13.8. The van der Waals surface area contributed by atoms with Gasteiger partial charge < -0.3 is 4.90 Å². The van der Waals surface area contributed by atoms with Crippen LogP contribution in [0.4, 0.5) is 13.2 Å². The number of benzene rings is 2. The van der Waals surface area contributed by atoms with Crippen LogP contribution in [0.2, 0.25) is 0 Å². The molecule has 2 aromatic carbocycles. The topological polar surface area (TPSA) is 71.0 Å². The largest absolute Gasteiger partial charge is 0.416 e. The van der Waals surface area contributed by atoms with Crippen LogP contribution in [0.1, 0.15) is 46.1 Å². The number of halogens is 3. The van der Waals surface area contributed by atoms with Gasteiger partial charge in [-0.25, -0.2) is 9.48 Å². The van der Waals surface area contributed by atoms with E-state index in [0.29, 0.717) is 38.3 Å². The first-order chi connectivity index (χ1) is 14.8. The Kier molecular flexibility index (Phi) is 5.67. The third-order valence-corrected chi connectivity index (χ3v) is 5.50. The summed E-state index contributed by atoms with van der Waals surface area (Å²) in [5, 5.41) is 4.43. The maximum absolute atomic E-state index is 12.7. The van der Waals surface area contributed by atoms with Gasteiger partial charge in [0.05, 0.1) is 12.1 Å². The van der Waals surface area contributed by atoms with E-state index in [4.69, 9.17) is 0 Å². The maximum Gasteiger partial charge on any atom is 0.416 e. The van der Waals surface area contributed by atoms with Crippen LogP contribution in [-0.2, 0) is 12.7 Å². The highest BCUT2D eigenvalue weighted by Crippen LogP contribution is 2.30. The maximum atomic E-state index is 12.7. The highest BCUT2D eigenvalue weighted by molar-refractivity contribution is 5.94. The zero-order valence-electron chi connectivity index (χ0n) is 16.6. The van der Waals surface area contributed by atoms with Gasteiger partial charge in [-0.15, -0.1) is 0 Å². The molecule has 9 heteroatoms. The number of aromatic nitrogens is 3. The van der Waals surface area contributed by atoms with Crippen LogP contribution in [0.3, 0.4) is 0 Å². The third-order valence-electron chi connectivity index (χ3n) is 5.50. The van der Waals surface area contributed by atoms with E-state index in [9.17, 15) is 22.8 Å². The summed E-state index contributed by atoms with van der Waals surface area (Å²) < 4.78 is 39.5. The van der Waals surface area contributed by atoms with E-state index in [0.717, 1.165) is 17.7 Å². The van der Waals surface area contributed by atoms with Crippen molar-refractivity contribution in [1.29, 1.82) is 0 Å². The molecule has 1 aliphatic heterocycles. The van der Waals surface area contributed by atoms with Crippen LogP contribution in [0.25, 0.3) is 0 Å². The fraction of sp³-hybridized carbons (Fsp3) is 0.318. The van der Waals surface area contributed by atoms with Gasteiger partial charge in [0.1, 0.15) is 5.82 Å². The molecule has 0 bridgehead atoms. The number of hydrogen-bond donors (Lipinski definition) is 1. The third kappa shape index (κ3) is 4.70. The molecule has 3 aromatic rings. The number of aromatic amines is 1. The number of piperidine rings is 1. The molecule has 1 aromatic heterocycles. The Morgan fingerprint density at radius 3 is 2.29 bits per heavy atom. The molecule has 31 heavy (non-hydrogen) atoms. The molecule has 162 valence electrons. The molecule has 1 N–H and O–H groups in total. The van der Waals surface area contributed by atoms with E-state index in [-0.39, 0.29) is 23.1 Å². The highest BCUT2D eigenvalue weighted by atomic mass is 19.4. The van der Waals surface area contributed by atoms with E-state index in [1.54, 1.807) is 4.90 Å². The lowest BCUT2D eigenvalue weighted by Crippen LogP contribution is -2.38. The minimum atomic E-state index is -4.43. The quantitative estimate of drug-likeness (QED) is 0.687. The first-order valence-corrected chi connectivity index (χ1v) is 9.99. The van der Waals surface area contributed by atoms with Gasteiger partial charge >= 0.3 is 11.9 Å². The Hall–Kier alpha value is -3.36. The van der Waals surface area contributed by atoms with E-state index in [1.807, 2.05) is 30.3 Å². The monoisotopic (exact) mass is 430 g/mol. The van der Waals surface area contributed by atoms with Crippen molar-refractivity contribution in [3.05, 3.63) is 87.6 Å². The molecule has 1 aliphatic rings. The number of rotatable bonds is 4. The Balaban J connectivity index is 1.38. The molecule has 0 atom stereocenters. The average Bonchev–Trinajstić information content (AvgIpc) is 3.14. The second kappa shape index (κ2) is 8.41. The first kappa shape index (κ1) is 20.9. The standard InChI is InChI=1S/C22H21F3N4O2/c23-22(24,25)18-8-6-17(7-9-18)20(30)28-12-10-16(11-13-28)19-26-21(31)29(27-19)14-15-4-2-1-3-5-15/h1-9,16H,10-14H2,(H,26,27,31). The van der Waals surface area contributed by atoms with Gasteiger partial charge in [-0.3, -0.25) is 9.78 Å². The van der Waals surface area contributed by atoms with Gasteiger partial charge in [0, 0.05) is 24.6 Å². The molecule has 1 fully saturated rings. The lowest BCUT2D eigenvalue weighted by atomic mass is 9.95. The van der Waals surface area contributed by atoms with Crippen molar-refractivity contribution in [2.24, 2.45) is 0 Å². The molecule has 0 spiro atoms. The number of amides is 1. The molecule has 4 rings (SSSR count). The predicted molar refractivity (Wildman–Crippen MR) is 108 cm³/mol. The Labute approximate surface area is 176 Å². The lowest BCUT2D eigenvalue weighted by molar-refractivity contribution is -0.137. The molecule has 6 nitrogen and oxygen atoms in total. The molecular weight excluding hydrogens is 409 g/mol. The summed E-state index contributed by atoms with van der Waals surface area (Å²) in [5.74, 6) is 0.319. The molecular formula is C22H21F3N4O2. The van der Waals surface area contributed by atoms with Crippen molar-refractivity contribution >= 4 is 5.91 Å². The summed E-state index contributed by atoms with van der Waals surface area (Å²) in [6.07, 6.45) is -3.20. The van der Waals surface area contributed by atoms with Gasteiger partial charge in [0.25, 0.3) is 5.91 Å². The van der Waals surface area contributed by atoms with E-state index in [1.165, 1.54) is 16.8 Å². The zero-order valence-corrected chi connectivity index (χ0v) is 16.6. The van der Waals surface area contributed by atoms with Crippen molar-refractivity contribution in [3.8, 4) is 0 Å². The smallest absolute Gasteiger partial charge is 0.339 e. The minimum Gasteiger partial charge on any atom is -0.339 e. The highest BCUT2D eigenvalue weighted by Gasteiger charge is 2.31. The van der Waals surface area contributed by atoms with Crippen LogP contribution in [0.5, 0.6) is 0 Å². The fourth-order valence-corrected chi connectivity index (χ4v) is 3.76. The summed E-state index contributed by atoms with van der Waals surface area (Å²) >= 11 is 0. The summed E-state index contributed by atoms with van der Waals surface area (Å²) in [4.78, 5) is 29.3. The van der Waals surface area contributed by atoms with Crippen molar-refractivity contribution in [2.45, 2.75) is 31.5 Å². The second-order valence-electron chi connectivity index (χ2n) is 7.60. The Morgan fingerprint density at radius 2 is 1.68 bits per heavy atom. The summed E-state index contributed by atoms with van der Waals surface area (Å²) in [6.45, 7) is 1.26. The normalized spacial score (nSPS) is 15.3. The Morgan fingerprint density at radius 1 is 1.03 bits per heavy atom. The number of carbonyl (C=O) groups is 1. The number of carbonyl (C=O) groups excluding carboxylic acids is 1. The number of H-pyrrole nitrogens is 1. The van der Waals surface area contributed by atoms with Crippen LogP contribution in [-0.4, -0.2) is 38.7 Å². The number of nitrogens with one attached hydrogen (secondary N) is 1. The van der Waals surface area contributed by atoms with Gasteiger partial charge in [-0.05, 0) is 42.7 Å². The van der Waals surface area contributed by atoms with Crippen LogP contribution in [0.15, 0.2) is 59.4 Å². The second-order valence-corrected chi connectivity index (χ2v) is 7.60. The molecule has 2 heterocycles. The van der Waals surface area contributed by atoms with Crippen molar-refractivity contribution in [1.82, 2.24) is 19.7 Å². The zero-order chi connectivity index (χ0) is 22.0. The molecule has 0 radical (unpaired) electrons. The van der Waals surface area contributed by atoms with Crippen LogP contribution in [0, 0.1) is 0 Å². The van der Waals surface area contributed by atoms with Crippen molar-refractivity contribution in [2.75, 3.05) is 13.1 Å². The minimum absolute atomic E-state index is 0.0152. The van der Waals surface area contributed by atoms with E-state index >= 15 is 0 Å². The predicted octanol–water partition coefficient (Wildman–Crippen LogP) is 3.66. The summed E-state index contributed by atoms with van der Waals surface area (Å²) in [5.41, 5.74) is 0.145. The van der Waals surface area contributed by atoms with Gasteiger partial charge in [-0.1, -0.05) is 30.3 Å². The van der Waals surface area contributed by atoms with Crippen molar-refractivity contribution < 1.29 is 18.0 Å². The summed E-state index contributed by atoms with van der Waals surface area (Å²) in [7, 11) is 0. The molecule has 0 saturated carbocycles. The molecule has 0 aliphatic carbocycles.